The molecule has 0 saturated heterocycles. The van der Waals surface area contributed by atoms with Gasteiger partial charge in [0, 0.05) is 18.3 Å². The Hall–Kier alpha value is -3.55. The standard InChI is InChI=1S/C21H23N5O3/c22-19-18-16(9-4-10-17(18)29-26-19)20(27)24-15-8-3-5-13(11-15)12-23-21(28)25-14-6-1-2-7-14/h3-5,8-11,14H,1-2,6-7,12H2,(H2,22,26)(H,24,27)(H2,23,25,28). The molecule has 0 bridgehead atoms. The van der Waals surface area contributed by atoms with Crippen LogP contribution in [0.3, 0.4) is 0 Å². The zero-order chi connectivity index (χ0) is 20.2. The number of aromatic nitrogens is 1. The minimum atomic E-state index is -0.311. The summed E-state index contributed by atoms with van der Waals surface area (Å²) >= 11 is 0. The lowest BCUT2D eigenvalue weighted by atomic mass is 10.1. The third kappa shape index (κ3) is 4.31. The molecule has 0 aliphatic heterocycles. The third-order valence-electron chi connectivity index (χ3n) is 5.10. The van der Waals surface area contributed by atoms with Crippen LogP contribution in [0.1, 0.15) is 41.6 Å². The molecule has 0 unspecified atom stereocenters. The number of hydrogen-bond acceptors (Lipinski definition) is 5. The molecule has 1 fully saturated rings. The van der Waals surface area contributed by atoms with E-state index in [0.717, 1.165) is 18.4 Å². The van der Waals surface area contributed by atoms with Gasteiger partial charge in [-0.15, -0.1) is 0 Å². The zero-order valence-electron chi connectivity index (χ0n) is 15.9. The summed E-state index contributed by atoms with van der Waals surface area (Å²) in [6.45, 7) is 0.371. The first-order valence-corrected chi connectivity index (χ1v) is 9.68. The summed E-state index contributed by atoms with van der Waals surface area (Å²) in [5, 5.41) is 12.9. The van der Waals surface area contributed by atoms with Crippen LogP contribution in [0, 0.1) is 0 Å². The van der Waals surface area contributed by atoms with Crippen molar-refractivity contribution >= 4 is 34.4 Å². The molecule has 8 nitrogen and oxygen atoms in total. The van der Waals surface area contributed by atoms with E-state index in [0.29, 0.717) is 28.8 Å². The van der Waals surface area contributed by atoms with Crippen LogP contribution in [0.4, 0.5) is 16.3 Å². The molecule has 0 radical (unpaired) electrons. The van der Waals surface area contributed by atoms with Gasteiger partial charge in [-0.1, -0.05) is 36.2 Å². The van der Waals surface area contributed by atoms with E-state index in [2.05, 4.69) is 21.1 Å². The van der Waals surface area contributed by atoms with Crippen molar-refractivity contribution in [2.75, 3.05) is 11.1 Å². The molecule has 5 N–H and O–H groups in total. The summed E-state index contributed by atoms with van der Waals surface area (Å²) in [7, 11) is 0. The highest BCUT2D eigenvalue weighted by Crippen LogP contribution is 2.25. The molecule has 0 atom stereocenters. The first-order chi connectivity index (χ1) is 14.1. The number of nitrogens with two attached hydrogens (primary N) is 1. The number of hydrogen-bond donors (Lipinski definition) is 4. The Balaban J connectivity index is 1.40. The van der Waals surface area contributed by atoms with Crippen LogP contribution in [-0.4, -0.2) is 23.1 Å². The summed E-state index contributed by atoms with van der Waals surface area (Å²) in [6.07, 6.45) is 4.42. The zero-order valence-corrected chi connectivity index (χ0v) is 15.9. The highest BCUT2D eigenvalue weighted by Gasteiger charge is 2.17. The number of rotatable bonds is 5. The Morgan fingerprint density at radius 2 is 1.93 bits per heavy atom. The predicted octanol–water partition coefficient (Wildman–Crippen LogP) is 3.40. The Morgan fingerprint density at radius 3 is 2.76 bits per heavy atom. The maximum absolute atomic E-state index is 12.7. The quantitative estimate of drug-likeness (QED) is 0.529. The van der Waals surface area contributed by atoms with E-state index < -0.39 is 0 Å². The summed E-state index contributed by atoms with van der Waals surface area (Å²) < 4.78 is 5.11. The second kappa shape index (κ2) is 8.22. The number of carbonyl (C=O) groups is 2. The molecule has 150 valence electrons. The van der Waals surface area contributed by atoms with Crippen LogP contribution in [-0.2, 0) is 6.54 Å². The summed E-state index contributed by atoms with van der Waals surface area (Å²) in [4.78, 5) is 24.8. The molecular weight excluding hydrogens is 370 g/mol. The summed E-state index contributed by atoms with van der Waals surface area (Å²) in [5.74, 6) is -0.133. The average Bonchev–Trinajstić information content (AvgIpc) is 3.36. The topological polar surface area (TPSA) is 122 Å². The van der Waals surface area contributed by atoms with Gasteiger partial charge in [0.05, 0.1) is 10.9 Å². The highest BCUT2D eigenvalue weighted by atomic mass is 16.5. The van der Waals surface area contributed by atoms with Crippen molar-refractivity contribution in [2.24, 2.45) is 0 Å². The van der Waals surface area contributed by atoms with Crippen molar-refractivity contribution in [1.29, 1.82) is 0 Å². The van der Waals surface area contributed by atoms with Crippen LogP contribution < -0.4 is 21.7 Å². The molecule has 1 heterocycles. The number of urea groups is 1. The predicted molar refractivity (Wildman–Crippen MR) is 110 cm³/mol. The lowest BCUT2D eigenvalue weighted by Gasteiger charge is -2.13. The Kier molecular flexibility index (Phi) is 5.33. The molecule has 1 saturated carbocycles. The second-order valence-corrected chi connectivity index (χ2v) is 7.21. The monoisotopic (exact) mass is 393 g/mol. The molecule has 8 heteroatoms. The maximum Gasteiger partial charge on any atom is 0.315 e. The lowest BCUT2D eigenvalue weighted by molar-refractivity contribution is 0.102. The molecule has 0 spiro atoms. The number of amides is 3. The van der Waals surface area contributed by atoms with Crippen LogP contribution >= 0.6 is 0 Å². The van der Waals surface area contributed by atoms with Crippen molar-refractivity contribution < 1.29 is 14.1 Å². The average molecular weight is 393 g/mol. The fraction of sp³-hybridized carbons (Fsp3) is 0.286. The Morgan fingerprint density at radius 1 is 1.14 bits per heavy atom. The minimum absolute atomic E-state index is 0.166. The number of nitrogens with zero attached hydrogens (tertiary/aromatic N) is 1. The van der Waals surface area contributed by atoms with Crippen LogP contribution in [0.25, 0.3) is 11.0 Å². The molecular formula is C21H23N5O3. The van der Waals surface area contributed by atoms with E-state index in [9.17, 15) is 9.59 Å². The molecule has 2 aromatic carbocycles. The molecule has 1 aromatic heterocycles. The summed E-state index contributed by atoms with van der Waals surface area (Å²) in [6, 6.07) is 12.5. The van der Waals surface area contributed by atoms with Gasteiger partial charge in [-0.05, 0) is 42.7 Å². The SMILES string of the molecule is Nc1noc2cccc(C(=O)Nc3cccc(CNC(=O)NC4CCCC4)c3)c12. The number of carbonyl (C=O) groups excluding carboxylic acids is 2. The van der Waals surface area contributed by atoms with Crippen LogP contribution in [0.5, 0.6) is 0 Å². The normalized spacial score (nSPS) is 14.1. The van der Waals surface area contributed by atoms with E-state index in [-0.39, 0.29) is 23.8 Å². The van der Waals surface area contributed by atoms with Gasteiger partial charge in [0.25, 0.3) is 5.91 Å². The molecule has 3 amide bonds. The first kappa shape index (κ1) is 18.8. The van der Waals surface area contributed by atoms with Gasteiger partial charge in [-0.25, -0.2) is 4.79 Å². The van der Waals surface area contributed by atoms with E-state index >= 15 is 0 Å². The van der Waals surface area contributed by atoms with Crippen molar-refractivity contribution in [3.8, 4) is 0 Å². The molecule has 29 heavy (non-hydrogen) atoms. The third-order valence-corrected chi connectivity index (χ3v) is 5.10. The minimum Gasteiger partial charge on any atom is -0.380 e. The van der Waals surface area contributed by atoms with Crippen LogP contribution in [0.2, 0.25) is 0 Å². The van der Waals surface area contributed by atoms with Crippen molar-refractivity contribution in [1.82, 2.24) is 15.8 Å². The smallest absolute Gasteiger partial charge is 0.315 e. The van der Waals surface area contributed by atoms with Gasteiger partial charge in [0.2, 0.25) is 0 Å². The molecule has 1 aliphatic rings. The number of benzene rings is 2. The van der Waals surface area contributed by atoms with Gasteiger partial charge in [0.1, 0.15) is 0 Å². The summed E-state index contributed by atoms with van der Waals surface area (Å²) in [5.41, 5.74) is 8.18. The Bertz CT molecular complexity index is 1040. The number of anilines is 2. The van der Waals surface area contributed by atoms with Crippen LogP contribution in [0.15, 0.2) is 47.0 Å². The van der Waals surface area contributed by atoms with Gasteiger partial charge >= 0.3 is 6.03 Å². The largest absolute Gasteiger partial charge is 0.380 e. The number of nitrogen functional groups attached to an aromatic ring is 1. The second-order valence-electron chi connectivity index (χ2n) is 7.21. The highest BCUT2D eigenvalue weighted by molar-refractivity contribution is 6.14. The molecule has 3 aromatic rings. The van der Waals surface area contributed by atoms with Gasteiger partial charge in [-0.3, -0.25) is 4.79 Å². The van der Waals surface area contributed by atoms with Crippen molar-refractivity contribution in [2.45, 2.75) is 38.3 Å². The number of fused-ring (bicyclic) bond motifs is 1. The molecule has 4 rings (SSSR count). The van der Waals surface area contributed by atoms with Crippen molar-refractivity contribution in [3.05, 3.63) is 53.6 Å². The first-order valence-electron chi connectivity index (χ1n) is 9.68. The lowest BCUT2D eigenvalue weighted by Crippen LogP contribution is -2.40. The molecule has 1 aliphatic carbocycles. The fourth-order valence-electron chi connectivity index (χ4n) is 3.65. The fourth-order valence-corrected chi connectivity index (χ4v) is 3.65. The van der Waals surface area contributed by atoms with E-state index in [1.807, 2.05) is 18.2 Å². The van der Waals surface area contributed by atoms with Crippen molar-refractivity contribution in [3.63, 3.8) is 0 Å². The maximum atomic E-state index is 12.7. The van der Waals surface area contributed by atoms with E-state index in [1.165, 1.54) is 12.8 Å². The van der Waals surface area contributed by atoms with Gasteiger partial charge < -0.3 is 26.2 Å². The van der Waals surface area contributed by atoms with Gasteiger partial charge in [-0.2, -0.15) is 0 Å². The van der Waals surface area contributed by atoms with Gasteiger partial charge in [0.15, 0.2) is 11.4 Å². The Labute approximate surface area is 167 Å². The number of nitrogens with one attached hydrogen (secondary N) is 3. The van der Waals surface area contributed by atoms with E-state index in [1.54, 1.807) is 24.3 Å². The van der Waals surface area contributed by atoms with E-state index in [4.69, 9.17) is 10.3 Å².